The molecule has 2 saturated heterocycles. The van der Waals surface area contributed by atoms with E-state index in [-0.39, 0.29) is 23.6 Å². The molecule has 2 heterocycles. The molecule has 0 aliphatic carbocycles. The molecule has 2 aliphatic heterocycles. The van der Waals surface area contributed by atoms with Crippen molar-refractivity contribution in [2.24, 2.45) is 11.7 Å². The first-order valence-electron chi connectivity index (χ1n) is 11.8. The summed E-state index contributed by atoms with van der Waals surface area (Å²) in [6.07, 6.45) is 5.16. The van der Waals surface area contributed by atoms with Crippen molar-refractivity contribution >= 4 is 29.1 Å². The predicted molar refractivity (Wildman–Crippen MR) is 129 cm³/mol. The Morgan fingerprint density at radius 1 is 0.939 bits per heavy atom. The molecule has 0 radical (unpaired) electrons. The lowest BCUT2D eigenvalue weighted by Gasteiger charge is -2.30. The summed E-state index contributed by atoms with van der Waals surface area (Å²) in [7, 11) is 0. The molecule has 7 heteroatoms. The van der Waals surface area contributed by atoms with Crippen LogP contribution in [-0.4, -0.2) is 48.8 Å². The van der Waals surface area contributed by atoms with Gasteiger partial charge >= 0.3 is 0 Å². The molecule has 3 N–H and O–H groups in total. The van der Waals surface area contributed by atoms with Gasteiger partial charge in [0.2, 0.25) is 11.8 Å². The zero-order valence-electron chi connectivity index (χ0n) is 19.0. The lowest BCUT2D eigenvalue weighted by molar-refractivity contribution is -0.123. The van der Waals surface area contributed by atoms with E-state index >= 15 is 0 Å². The van der Waals surface area contributed by atoms with Crippen molar-refractivity contribution in [2.45, 2.75) is 38.5 Å². The summed E-state index contributed by atoms with van der Waals surface area (Å²) < 4.78 is 0. The van der Waals surface area contributed by atoms with Crippen LogP contribution in [0.4, 0.5) is 11.4 Å². The van der Waals surface area contributed by atoms with Crippen LogP contribution in [0.3, 0.4) is 0 Å². The summed E-state index contributed by atoms with van der Waals surface area (Å²) in [6, 6.07) is 15.1. The van der Waals surface area contributed by atoms with Crippen molar-refractivity contribution in [1.29, 1.82) is 0 Å². The monoisotopic (exact) mass is 448 g/mol. The molecule has 2 aromatic carbocycles. The number of likely N-dealkylation sites (tertiary alicyclic amines) is 1. The number of anilines is 2. The highest BCUT2D eigenvalue weighted by Gasteiger charge is 2.23. The van der Waals surface area contributed by atoms with Crippen molar-refractivity contribution in [2.75, 3.05) is 36.4 Å². The quantitative estimate of drug-likeness (QED) is 0.680. The van der Waals surface area contributed by atoms with Gasteiger partial charge in [-0.1, -0.05) is 12.1 Å². The number of carbonyl (C=O) groups excluding carboxylic acids is 3. The number of carbonyl (C=O) groups is 3. The SMILES string of the molecule is NC(=O)C1CCN(CCc2ccc(NC(=O)c3ccc(N4CCCCC4=O)cc3)cc2)CC1. The van der Waals surface area contributed by atoms with E-state index in [1.54, 1.807) is 17.0 Å². The first kappa shape index (κ1) is 23.0. The van der Waals surface area contributed by atoms with Gasteiger partial charge in [-0.05, 0) is 87.2 Å². The van der Waals surface area contributed by atoms with Gasteiger partial charge < -0.3 is 20.9 Å². The molecule has 2 aliphatic rings. The zero-order valence-corrected chi connectivity index (χ0v) is 19.0. The molecular weight excluding hydrogens is 416 g/mol. The third-order valence-electron chi connectivity index (χ3n) is 6.68. The second-order valence-electron chi connectivity index (χ2n) is 8.97. The van der Waals surface area contributed by atoms with Crippen LogP contribution in [0.5, 0.6) is 0 Å². The van der Waals surface area contributed by atoms with Crippen LogP contribution in [0, 0.1) is 5.92 Å². The van der Waals surface area contributed by atoms with Gasteiger partial charge in [0.25, 0.3) is 5.91 Å². The smallest absolute Gasteiger partial charge is 0.255 e. The van der Waals surface area contributed by atoms with Gasteiger partial charge in [-0.15, -0.1) is 0 Å². The lowest BCUT2D eigenvalue weighted by atomic mass is 9.96. The molecule has 2 fully saturated rings. The maximum atomic E-state index is 12.6. The van der Waals surface area contributed by atoms with E-state index < -0.39 is 0 Å². The van der Waals surface area contributed by atoms with Gasteiger partial charge in [0.15, 0.2) is 0 Å². The molecule has 2 aromatic rings. The van der Waals surface area contributed by atoms with Crippen LogP contribution in [0.25, 0.3) is 0 Å². The number of primary amides is 1. The van der Waals surface area contributed by atoms with Gasteiger partial charge in [0.1, 0.15) is 0 Å². The second-order valence-corrected chi connectivity index (χ2v) is 8.97. The Morgan fingerprint density at radius 3 is 2.27 bits per heavy atom. The molecule has 0 unspecified atom stereocenters. The van der Waals surface area contributed by atoms with Crippen molar-refractivity contribution in [1.82, 2.24) is 4.90 Å². The number of hydrogen-bond acceptors (Lipinski definition) is 4. The second kappa shape index (κ2) is 10.6. The van der Waals surface area contributed by atoms with Crippen LogP contribution in [0.1, 0.15) is 48.0 Å². The molecule has 0 atom stereocenters. The summed E-state index contributed by atoms with van der Waals surface area (Å²) in [4.78, 5) is 40.2. The van der Waals surface area contributed by atoms with Crippen molar-refractivity contribution in [3.63, 3.8) is 0 Å². The Balaban J connectivity index is 1.26. The Bertz CT molecular complexity index is 980. The third kappa shape index (κ3) is 5.99. The van der Waals surface area contributed by atoms with Crippen molar-refractivity contribution in [3.8, 4) is 0 Å². The van der Waals surface area contributed by atoms with Crippen molar-refractivity contribution < 1.29 is 14.4 Å². The minimum Gasteiger partial charge on any atom is -0.369 e. The predicted octanol–water partition coefficient (Wildman–Crippen LogP) is 3.20. The van der Waals surface area contributed by atoms with E-state index in [0.717, 1.165) is 69.7 Å². The van der Waals surface area contributed by atoms with Gasteiger partial charge in [-0.25, -0.2) is 0 Å². The number of benzene rings is 2. The Hall–Kier alpha value is -3.19. The van der Waals surface area contributed by atoms with E-state index in [1.165, 1.54) is 5.56 Å². The summed E-state index contributed by atoms with van der Waals surface area (Å²) in [5.41, 5.74) is 8.77. The minimum atomic E-state index is -0.180. The summed E-state index contributed by atoms with van der Waals surface area (Å²) in [6.45, 7) is 3.50. The molecule has 0 saturated carbocycles. The van der Waals surface area contributed by atoms with Crippen LogP contribution in [0.15, 0.2) is 48.5 Å². The molecule has 4 rings (SSSR count). The maximum Gasteiger partial charge on any atom is 0.255 e. The number of rotatable bonds is 7. The first-order chi connectivity index (χ1) is 16.0. The van der Waals surface area contributed by atoms with Crippen molar-refractivity contribution in [3.05, 3.63) is 59.7 Å². The van der Waals surface area contributed by atoms with E-state index in [0.29, 0.717) is 12.0 Å². The number of piperidine rings is 2. The van der Waals surface area contributed by atoms with E-state index in [4.69, 9.17) is 5.73 Å². The number of nitrogens with one attached hydrogen (secondary N) is 1. The molecule has 174 valence electrons. The molecule has 0 aromatic heterocycles. The highest BCUT2D eigenvalue weighted by molar-refractivity contribution is 6.04. The van der Waals surface area contributed by atoms with E-state index in [1.807, 2.05) is 36.4 Å². The Kier molecular flexibility index (Phi) is 7.40. The molecule has 33 heavy (non-hydrogen) atoms. The van der Waals surface area contributed by atoms with Crippen LogP contribution in [-0.2, 0) is 16.0 Å². The van der Waals surface area contributed by atoms with E-state index in [2.05, 4.69) is 10.2 Å². The lowest BCUT2D eigenvalue weighted by Crippen LogP contribution is -2.39. The Labute approximate surface area is 194 Å². The first-order valence-corrected chi connectivity index (χ1v) is 11.8. The molecule has 0 bridgehead atoms. The molecular formula is C26H32N4O3. The minimum absolute atomic E-state index is 0.0209. The van der Waals surface area contributed by atoms with Gasteiger partial charge in [-0.2, -0.15) is 0 Å². The summed E-state index contributed by atoms with van der Waals surface area (Å²) in [5, 5.41) is 2.94. The highest BCUT2D eigenvalue weighted by atomic mass is 16.2. The molecule has 3 amide bonds. The fourth-order valence-electron chi connectivity index (χ4n) is 4.56. The molecule has 0 spiro atoms. The zero-order chi connectivity index (χ0) is 23.2. The number of nitrogens with zero attached hydrogens (tertiary/aromatic N) is 2. The number of nitrogens with two attached hydrogens (primary N) is 1. The average Bonchev–Trinajstić information content (AvgIpc) is 2.84. The normalized spacial score (nSPS) is 17.7. The maximum absolute atomic E-state index is 12.6. The largest absolute Gasteiger partial charge is 0.369 e. The average molecular weight is 449 g/mol. The number of amides is 3. The topological polar surface area (TPSA) is 95.7 Å². The van der Waals surface area contributed by atoms with Crippen LogP contribution in [0.2, 0.25) is 0 Å². The third-order valence-corrected chi connectivity index (χ3v) is 6.68. The van der Waals surface area contributed by atoms with Crippen LogP contribution < -0.4 is 16.0 Å². The Morgan fingerprint density at radius 2 is 1.64 bits per heavy atom. The summed E-state index contributed by atoms with van der Waals surface area (Å²) in [5.74, 6) is -0.182. The molecule has 7 nitrogen and oxygen atoms in total. The van der Waals surface area contributed by atoms with Gasteiger partial charge in [0.05, 0.1) is 0 Å². The van der Waals surface area contributed by atoms with Crippen LogP contribution >= 0.6 is 0 Å². The fourth-order valence-corrected chi connectivity index (χ4v) is 4.56. The standard InChI is InChI=1S/C26H32N4O3/c27-25(32)20-13-17-29(18-14-20)16-12-19-4-8-22(9-5-19)28-26(33)21-6-10-23(11-7-21)30-15-2-1-3-24(30)31/h4-11,20H,1-3,12-18H2,(H2,27,32)(H,28,33). The van der Waals surface area contributed by atoms with Gasteiger partial charge in [0, 0.05) is 42.4 Å². The highest BCUT2D eigenvalue weighted by Crippen LogP contribution is 2.22. The van der Waals surface area contributed by atoms with Gasteiger partial charge in [-0.3, -0.25) is 14.4 Å². The number of hydrogen-bond donors (Lipinski definition) is 2. The van der Waals surface area contributed by atoms with E-state index in [9.17, 15) is 14.4 Å². The fraction of sp³-hybridized carbons (Fsp3) is 0.423. The summed E-state index contributed by atoms with van der Waals surface area (Å²) >= 11 is 0.